The molecule has 1 aromatic carbocycles. The Labute approximate surface area is 163 Å². The molecule has 1 unspecified atom stereocenters. The molecule has 6 heteroatoms. The first kappa shape index (κ1) is 20.0. The smallest absolute Gasteiger partial charge is 0.191 e. The lowest BCUT2D eigenvalue weighted by Gasteiger charge is -2.40. The maximum Gasteiger partial charge on any atom is 0.191 e. The number of guanidine groups is 1. The number of fused-ring (bicyclic) bond motifs is 1. The van der Waals surface area contributed by atoms with Crippen molar-refractivity contribution in [2.75, 3.05) is 52.5 Å². The summed E-state index contributed by atoms with van der Waals surface area (Å²) in [6.07, 6.45) is 1.03. The zero-order valence-electron chi connectivity index (χ0n) is 17.0. The van der Waals surface area contributed by atoms with Gasteiger partial charge in [0.25, 0.3) is 0 Å². The van der Waals surface area contributed by atoms with Gasteiger partial charge in [-0.15, -0.1) is 0 Å². The number of para-hydroxylation sites is 1. The van der Waals surface area contributed by atoms with Crippen molar-refractivity contribution in [3.8, 4) is 5.75 Å². The van der Waals surface area contributed by atoms with Gasteiger partial charge in [0.2, 0.25) is 0 Å². The molecule has 0 aromatic heterocycles. The summed E-state index contributed by atoms with van der Waals surface area (Å²) in [7, 11) is 0. The summed E-state index contributed by atoms with van der Waals surface area (Å²) in [6, 6.07) is 8.36. The topological polar surface area (TPSA) is 58.1 Å². The highest BCUT2D eigenvalue weighted by molar-refractivity contribution is 5.79. The van der Waals surface area contributed by atoms with E-state index in [1.807, 2.05) is 6.07 Å². The second-order valence-corrected chi connectivity index (χ2v) is 7.86. The van der Waals surface area contributed by atoms with Crippen LogP contribution in [0.5, 0.6) is 5.75 Å². The molecular weight excluding hydrogens is 340 g/mol. The molecule has 0 saturated carbocycles. The number of rotatable bonds is 6. The molecule has 2 aliphatic heterocycles. The average Bonchev–Trinajstić information content (AvgIpc) is 2.71. The van der Waals surface area contributed by atoms with Crippen molar-refractivity contribution in [3.05, 3.63) is 29.8 Å². The van der Waals surface area contributed by atoms with Gasteiger partial charge in [-0.3, -0.25) is 9.89 Å². The fourth-order valence-corrected chi connectivity index (χ4v) is 3.73. The fourth-order valence-electron chi connectivity index (χ4n) is 3.73. The van der Waals surface area contributed by atoms with Gasteiger partial charge >= 0.3 is 0 Å². The molecule has 1 aromatic rings. The van der Waals surface area contributed by atoms with Gasteiger partial charge in [0.05, 0.1) is 26.4 Å². The van der Waals surface area contributed by atoms with Gasteiger partial charge in [-0.1, -0.05) is 18.2 Å². The molecule has 3 rings (SSSR count). The summed E-state index contributed by atoms with van der Waals surface area (Å²) in [6.45, 7) is 13.5. The Hall–Kier alpha value is -1.79. The third kappa shape index (κ3) is 5.36. The van der Waals surface area contributed by atoms with Gasteiger partial charge in [0, 0.05) is 37.6 Å². The standard InChI is InChI=1S/C21H34N4O2/c1-4-22-20(24-16-21(2,3)25-10-13-26-14-11-25)23-15-17-9-12-27-19-8-6-5-7-18(17)19/h5-8,17H,4,9-16H2,1-3H3,(H2,22,23,24). The van der Waals surface area contributed by atoms with Crippen molar-refractivity contribution >= 4 is 5.96 Å². The van der Waals surface area contributed by atoms with Crippen LogP contribution in [0.2, 0.25) is 0 Å². The van der Waals surface area contributed by atoms with E-state index in [1.54, 1.807) is 0 Å². The van der Waals surface area contributed by atoms with Crippen molar-refractivity contribution in [2.45, 2.75) is 38.6 Å². The molecule has 150 valence electrons. The van der Waals surface area contributed by atoms with Crippen LogP contribution in [0.15, 0.2) is 29.3 Å². The molecule has 0 amide bonds. The van der Waals surface area contributed by atoms with Crippen LogP contribution in [-0.2, 0) is 4.74 Å². The molecular formula is C21H34N4O2. The molecule has 0 spiro atoms. The highest BCUT2D eigenvalue weighted by Crippen LogP contribution is 2.32. The van der Waals surface area contributed by atoms with Gasteiger partial charge in [-0.2, -0.15) is 0 Å². The van der Waals surface area contributed by atoms with Crippen LogP contribution in [0.1, 0.15) is 38.7 Å². The fraction of sp³-hybridized carbons (Fsp3) is 0.667. The van der Waals surface area contributed by atoms with Crippen LogP contribution in [0.4, 0.5) is 0 Å². The maximum atomic E-state index is 5.78. The minimum Gasteiger partial charge on any atom is -0.493 e. The summed E-state index contributed by atoms with van der Waals surface area (Å²) in [4.78, 5) is 7.35. The molecule has 0 aliphatic carbocycles. The zero-order chi connectivity index (χ0) is 19.1. The van der Waals surface area contributed by atoms with Crippen LogP contribution >= 0.6 is 0 Å². The lowest BCUT2D eigenvalue weighted by Crippen LogP contribution is -2.52. The molecule has 1 saturated heterocycles. The van der Waals surface area contributed by atoms with Crippen LogP contribution in [-0.4, -0.2) is 68.9 Å². The largest absolute Gasteiger partial charge is 0.493 e. The van der Waals surface area contributed by atoms with Gasteiger partial charge in [0.15, 0.2) is 5.96 Å². The Morgan fingerprint density at radius 1 is 1.19 bits per heavy atom. The quantitative estimate of drug-likeness (QED) is 0.591. The van der Waals surface area contributed by atoms with Crippen molar-refractivity contribution in [1.82, 2.24) is 15.5 Å². The molecule has 2 N–H and O–H groups in total. The SMILES string of the molecule is CCNC(=NCC(C)(C)N1CCOCC1)NCC1CCOc2ccccc21. The lowest BCUT2D eigenvalue weighted by molar-refractivity contribution is -0.00683. The maximum absolute atomic E-state index is 5.78. The average molecular weight is 375 g/mol. The van der Waals surface area contributed by atoms with E-state index < -0.39 is 0 Å². The number of hydrogen-bond acceptors (Lipinski definition) is 4. The molecule has 1 atom stereocenters. The van der Waals surface area contributed by atoms with Gasteiger partial charge in [0.1, 0.15) is 5.75 Å². The Kier molecular flexibility index (Phi) is 6.96. The van der Waals surface area contributed by atoms with Gasteiger partial charge in [-0.25, -0.2) is 0 Å². The Bertz CT molecular complexity index is 626. The Morgan fingerprint density at radius 3 is 2.74 bits per heavy atom. The van der Waals surface area contributed by atoms with Crippen LogP contribution in [0.3, 0.4) is 0 Å². The third-order valence-electron chi connectivity index (χ3n) is 5.43. The molecule has 0 bridgehead atoms. The monoisotopic (exact) mass is 374 g/mol. The number of nitrogens with one attached hydrogen (secondary N) is 2. The lowest BCUT2D eigenvalue weighted by atomic mass is 9.93. The number of benzene rings is 1. The number of hydrogen-bond donors (Lipinski definition) is 2. The first-order chi connectivity index (χ1) is 13.1. The molecule has 2 aliphatic rings. The molecule has 2 heterocycles. The second-order valence-electron chi connectivity index (χ2n) is 7.86. The van der Waals surface area contributed by atoms with Crippen molar-refractivity contribution < 1.29 is 9.47 Å². The molecule has 1 fully saturated rings. The normalized spacial score (nSPS) is 21.3. The van der Waals surface area contributed by atoms with E-state index in [4.69, 9.17) is 14.5 Å². The van der Waals surface area contributed by atoms with Gasteiger partial charge in [-0.05, 0) is 38.8 Å². The summed E-state index contributed by atoms with van der Waals surface area (Å²) >= 11 is 0. The van der Waals surface area contributed by atoms with E-state index in [1.165, 1.54) is 5.56 Å². The number of morpholine rings is 1. The third-order valence-corrected chi connectivity index (χ3v) is 5.43. The molecule has 27 heavy (non-hydrogen) atoms. The number of aliphatic imine (C=N–C) groups is 1. The second kappa shape index (κ2) is 9.42. The summed E-state index contributed by atoms with van der Waals surface area (Å²) in [5.74, 6) is 2.36. The van der Waals surface area contributed by atoms with Crippen LogP contribution in [0.25, 0.3) is 0 Å². The number of nitrogens with zero attached hydrogens (tertiary/aromatic N) is 2. The van der Waals surface area contributed by atoms with E-state index in [-0.39, 0.29) is 5.54 Å². The van der Waals surface area contributed by atoms with Crippen molar-refractivity contribution in [1.29, 1.82) is 0 Å². The predicted molar refractivity (Wildman–Crippen MR) is 110 cm³/mol. The summed E-state index contributed by atoms with van der Waals surface area (Å²) < 4.78 is 11.3. The Morgan fingerprint density at radius 2 is 1.96 bits per heavy atom. The minimum atomic E-state index is 0.0252. The highest BCUT2D eigenvalue weighted by atomic mass is 16.5. The summed E-state index contributed by atoms with van der Waals surface area (Å²) in [5.41, 5.74) is 1.32. The van der Waals surface area contributed by atoms with E-state index in [9.17, 15) is 0 Å². The molecule has 6 nitrogen and oxygen atoms in total. The molecule has 0 radical (unpaired) electrons. The van der Waals surface area contributed by atoms with E-state index in [0.29, 0.717) is 5.92 Å². The highest BCUT2D eigenvalue weighted by Gasteiger charge is 2.28. The first-order valence-electron chi connectivity index (χ1n) is 10.2. The van der Waals surface area contributed by atoms with Crippen molar-refractivity contribution in [2.24, 2.45) is 4.99 Å². The van der Waals surface area contributed by atoms with Gasteiger partial charge < -0.3 is 20.1 Å². The minimum absolute atomic E-state index is 0.0252. The van der Waals surface area contributed by atoms with Crippen LogP contribution < -0.4 is 15.4 Å². The van der Waals surface area contributed by atoms with Crippen molar-refractivity contribution in [3.63, 3.8) is 0 Å². The first-order valence-corrected chi connectivity index (χ1v) is 10.2. The van der Waals surface area contributed by atoms with E-state index >= 15 is 0 Å². The van der Waals surface area contributed by atoms with E-state index in [2.05, 4.69) is 54.5 Å². The summed E-state index contributed by atoms with van der Waals surface area (Å²) in [5, 5.41) is 6.93. The zero-order valence-corrected chi connectivity index (χ0v) is 17.0. The Balaban J connectivity index is 1.59. The predicted octanol–water partition coefficient (Wildman–Crippen LogP) is 2.22. The van der Waals surface area contributed by atoms with Crippen LogP contribution in [0, 0.1) is 0 Å². The number of ether oxygens (including phenoxy) is 2. The van der Waals surface area contributed by atoms with E-state index in [0.717, 1.165) is 70.7 Å².